The SMILES string of the molecule is CC(C)(C)c1cccc2[c]1[Ge]([CH3])([CH3])[CH2]CC2(C)C. The number of fused-ring (bicyclic) bond motifs is 1. The topological polar surface area (TPSA) is 0 Å². The zero-order valence-corrected chi connectivity index (χ0v) is 15.2. The first-order valence-electron chi connectivity index (χ1n) is 7.20. The number of hydrogen-bond donors (Lipinski definition) is 0. The standard InChI is InChI=1S/C17H28Ge/c1-16(2,3)13-9-8-10-14-15(13)18(6,7)12-11-17(14,4)5/h8-10H,11-12H2,1-7H3. The Morgan fingerprint density at radius 2 is 1.72 bits per heavy atom. The quantitative estimate of drug-likeness (QED) is 0.615. The van der Waals surface area contributed by atoms with Crippen LogP contribution in [0.2, 0.25) is 16.8 Å². The van der Waals surface area contributed by atoms with E-state index in [1.165, 1.54) is 11.7 Å². The average Bonchev–Trinajstić information content (AvgIpc) is 2.23. The summed E-state index contributed by atoms with van der Waals surface area (Å²) in [6, 6.07) is 7.06. The number of hydrogen-bond acceptors (Lipinski definition) is 0. The third-order valence-electron chi connectivity index (χ3n) is 4.65. The molecule has 1 heterocycles. The van der Waals surface area contributed by atoms with Crippen LogP contribution in [0.5, 0.6) is 0 Å². The summed E-state index contributed by atoms with van der Waals surface area (Å²) < 4.78 is 1.81. The molecule has 0 atom stereocenters. The molecule has 1 aromatic carbocycles. The molecule has 0 nitrogen and oxygen atoms in total. The van der Waals surface area contributed by atoms with Crippen molar-refractivity contribution in [2.24, 2.45) is 0 Å². The molecule has 1 aromatic rings. The summed E-state index contributed by atoms with van der Waals surface area (Å²) in [6.45, 7) is 11.9. The van der Waals surface area contributed by atoms with E-state index in [-0.39, 0.29) is 5.41 Å². The van der Waals surface area contributed by atoms with Gasteiger partial charge in [0.2, 0.25) is 0 Å². The third-order valence-corrected chi connectivity index (χ3v) is 11.8. The first kappa shape index (κ1) is 14.2. The number of benzene rings is 1. The molecular formula is C17H28Ge. The van der Waals surface area contributed by atoms with E-state index in [0.717, 1.165) is 0 Å². The Hall–Kier alpha value is -0.237. The summed E-state index contributed by atoms with van der Waals surface area (Å²) in [5, 5.41) is 1.48. The Labute approximate surface area is 116 Å². The summed E-state index contributed by atoms with van der Waals surface area (Å²) in [4.78, 5) is 0. The molecule has 0 bridgehead atoms. The van der Waals surface area contributed by atoms with E-state index in [9.17, 15) is 0 Å². The van der Waals surface area contributed by atoms with Gasteiger partial charge in [0.15, 0.2) is 0 Å². The minimum absolute atomic E-state index is 0.279. The molecule has 0 saturated carbocycles. The normalized spacial score (nSPS) is 21.5. The maximum atomic E-state index is 2.60. The average molecular weight is 305 g/mol. The van der Waals surface area contributed by atoms with Gasteiger partial charge < -0.3 is 0 Å². The van der Waals surface area contributed by atoms with Gasteiger partial charge >= 0.3 is 116 Å². The summed E-state index contributed by atoms with van der Waals surface area (Å²) in [5.74, 6) is 5.20. The molecule has 0 aliphatic carbocycles. The van der Waals surface area contributed by atoms with Crippen LogP contribution in [0.4, 0.5) is 0 Å². The van der Waals surface area contributed by atoms with E-state index in [2.05, 4.69) is 64.3 Å². The van der Waals surface area contributed by atoms with Gasteiger partial charge in [-0.2, -0.15) is 0 Å². The molecule has 0 fully saturated rings. The van der Waals surface area contributed by atoms with Crippen LogP contribution in [0.25, 0.3) is 0 Å². The van der Waals surface area contributed by atoms with Crippen LogP contribution >= 0.6 is 0 Å². The van der Waals surface area contributed by atoms with Crippen LogP contribution in [-0.2, 0) is 10.8 Å². The van der Waals surface area contributed by atoms with Crippen molar-refractivity contribution in [3.05, 3.63) is 29.3 Å². The fourth-order valence-corrected chi connectivity index (χ4v) is 11.4. The van der Waals surface area contributed by atoms with Crippen molar-refractivity contribution in [3.63, 3.8) is 0 Å². The van der Waals surface area contributed by atoms with Gasteiger partial charge in [0.05, 0.1) is 0 Å². The zero-order chi connectivity index (χ0) is 13.8. The Morgan fingerprint density at radius 1 is 1.11 bits per heavy atom. The molecule has 1 heteroatoms. The first-order chi connectivity index (χ1) is 8.06. The fourth-order valence-electron chi connectivity index (χ4n) is 3.36. The Balaban J connectivity index is 2.76. The molecule has 2 rings (SSSR count). The molecule has 0 unspecified atom stereocenters. The van der Waals surface area contributed by atoms with Crippen molar-refractivity contribution in [2.75, 3.05) is 0 Å². The Morgan fingerprint density at radius 3 is 2.28 bits per heavy atom. The summed E-state index contributed by atoms with van der Waals surface area (Å²) in [6.07, 6.45) is 1.38. The third kappa shape index (κ3) is 2.29. The van der Waals surface area contributed by atoms with E-state index in [4.69, 9.17) is 0 Å². The van der Waals surface area contributed by atoms with Crippen molar-refractivity contribution in [3.8, 4) is 0 Å². The predicted molar refractivity (Wildman–Crippen MR) is 84.7 cm³/mol. The van der Waals surface area contributed by atoms with E-state index in [1.54, 1.807) is 15.5 Å². The van der Waals surface area contributed by atoms with Crippen molar-refractivity contribution in [1.82, 2.24) is 0 Å². The van der Waals surface area contributed by atoms with Gasteiger partial charge in [-0.3, -0.25) is 0 Å². The molecule has 1 aliphatic heterocycles. The molecule has 0 N–H and O–H groups in total. The first-order valence-corrected chi connectivity index (χ1v) is 13.9. The van der Waals surface area contributed by atoms with E-state index in [1.807, 2.05) is 0 Å². The fraction of sp³-hybridized carbons (Fsp3) is 0.647. The van der Waals surface area contributed by atoms with Crippen molar-refractivity contribution < 1.29 is 0 Å². The van der Waals surface area contributed by atoms with Crippen LogP contribution in [-0.4, -0.2) is 13.3 Å². The van der Waals surface area contributed by atoms with Crippen LogP contribution < -0.4 is 4.40 Å². The number of rotatable bonds is 0. The van der Waals surface area contributed by atoms with Crippen molar-refractivity contribution in [2.45, 2.75) is 68.6 Å². The maximum absolute atomic E-state index is 2.60. The summed E-state index contributed by atoms with van der Waals surface area (Å²) in [5.41, 5.74) is 3.93. The molecule has 0 aromatic heterocycles. The predicted octanol–water partition coefficient (Wildman–Crippen LogP) is 4.58. The van der Waals surface area contributed by atoms with Gasteiger partial charge in [-0.15, -0.1) is 0 Å². The Bertz CT molecular complexity index is 447. The van der Waals surface area contributed by atoms with Gasteiger partial charge in [0, 0.05) is 0 Å². The van der Waals surface area contributed by atoms with Gasteiger partial charge in [-0.25, -0.2) is 0 Å². The van der Waals surface area contributed by atoms with Gasteiger partial charge in [-0.1, -0.05) is 0 Å². The second-order valence-electron chi connectivity index (χ2n) is 8.25. The van der Waals surface area contributed by atoms with Crippen LogP contribution in [0.3, 0.4) is 0 Å². The van der Waals surface area contributed by atoms with Gasteiger partial charge in [0.25, 0.3) is 0 Å². The second-order valence-corrected chi connectivity index (χ2v) is 18.2. The molecule has 0 amide bonds. The molecule has 1 aliphatic rings. The molecule has 0 spiro atoms. The Kier molecular flexibility index (Phi) is 3.25. The molecular weight excluding hydrogens is 277 g/mol. The second kappa shape index (κ2) is 4.13. The molecule has 0 radical (unpaired) electrons. The zero-order valence-electron chi connectivity index (χ0n) is 13.1. The minimum atomic E-state index is -1.80. The monoisotopic (exact) mass is 306 g/mol. The molecule has 100 valence electrons. The van der Waals surface area contributed by atoms with Crippen LogP contribution in [0.1, 0.15) is 52.2 Å². The van der Waals surface area contributed by atoms with E-state index < -0.39 is 13.3 Å². The van der Waals surface area contributed by atoms with E-state index in [0.29, 0.717) is 5.41 Å². The molecule has 18 heavy (non-hydrogen) atoms. The van der Waals surface area contributed by atoms with Gasteiger partial charge in [-0.05, 0) is 0 Å². The van der Waals surface area contributed by atoms with Crippen molar-refractivity contribution >= 4 is 17.7 Å². The van der Waals surface area contributed by atoms with Crippen molar-refractivity contribution in [1.29, 1.82) is 0 Å². The summed E-state index contributed by atoms with van der Waals surface area (Å²) >= 11 is -1.80. The molecule has 0 saturated heterocycles. The van der Waals surface area contributed by atoms with Gasteiger partial charge in [0.1, 0.15) is 0 Å². The van der Waals surface area contributed by atoms with E-state index >= 15 is 0 Å². The summed E-state index contributed by atoms with van der Waals surface area (Å²) in [7, 11) is 0. The van der Waals surface area contributed by atoms with Crippen LogP contribution in [0.15, 0.2) is 18.2 Å². The van der Waals surface area contributed by atoms with Crippen LogP contribution in [0, 0.1) is 0 Å².